The van der Waals surface area contributed by atoms with Crippen LogP contribution in [0.4, 0.5) is 0 Å². The first kappa shape index (κ1) is 14.8. The molecule has 0 saturated carbocycles. The highest BCUT2D eigenvalue weighted by Gasteiger charge is 2.42. The van der Waals surface area contributed by atoms with Crippen molar-refractivity contribution in [3.8, 4) is 0 Å². The molecule has 20 heavy (non-hydrogen) atoms. The molecule has 2 fully saturated rings. The van der Waals surface area contributed by atoms with Crippen molar-refractivity contribution in [2.24, 2.45) is 0 Å². The third-order valence-electron chi connectivity index (χ3n) is 3.58. The van der Waals surface area contributed by atoms with E-state index in [4.69, 9.17) is 4.74 Å². The summed E-state index contributed by atoms with van der Waals surface area (Å²) in [7, 11) is 0. The van der Waals surface area contributed by atoms with Crippen LogP contribution in [0.25, 0.3) is 0 Å². The third kappa shape index (κ3) is 3.47. The third-order valence-corrected chi connectivity index (χ3v) is 3.58. The summed E-state index contributed by atoms with van der Waals surface area (Å²) >= 11 is 0. The summed E-state index contributed by atoms with van der Waals surface area (Å²) in [6.07, 6.45) is 2.43. The Morgan fingerprint density at radius 2 is 2.30 bits per heavy atom. The summed E-state index contributed by atoms with van der Waals surface area (Å²) < 4.78 is 5.24. The SMILES string of the molecule is CCCCOCC(=O)N[C@H]1C[C@H]2C(=O)NCC(=O)N2C1. The topological polar surface area (TPSA) is 87.7 Å². The van der Waals surface area contributed by atoms with Crippen LogP contribution in [0.15, 0.2) is 0 Å². The summed E-state index contributed by atoms with van der Waals surface area (Å²) in [5, 5.41) is 5.37. The molecule has 2 atom stereocenters. The van der Waals surface area contributed by atoms with E-state index >= 15 is 0 Å². The number of carbonyl (C=O) groups excluding carboxylic acids is 3. The molecule has 0 spiro atoms. The summed E-state index contributed by atoms with van der Waals surface area (Å²) in [4.78, 5) is 36.6. The molecular weight excluding hydrogens is 262 g/mol. The number of rotatable bonds is 6. The number of nitrogens with zero attached hydrogens (tertiary/aromatic N) is 1. The van der Waals surface area contributed by atoms with Gasteiger partial charge in [-0.25, -0.2) is 0 Å². The van der Waals surface area contributed by atoms with Crippen LogP contribution in [-0.4, -0.2) is 61.0 Å². The van der Waals surface area contributed by atoms with Gasteiger partial charge in [-0.3, -0.25) is 14.4 Å². The molecule has 0 aromatic carbocycles. The van der Waals surface area contributed by atoms with Gasteiger partial charge in [0.15, 0.2) is 0 Å². The van der Waals surface area contributed by atoms with E-state index in [0.717, 1.165) is 12.8 Å². The van der Waals surface area contributed by atoms with Gasteiger partial charge in [0.1, 0.15) is 12.6 Å². The van der Waals surface area contributed by atoms with E-state index in [9.17, 15) is 14.4 Å². The second kappa shape index (κ2) is 6.69. The van der Waals surface area contributed by atoms with Crippen molar-refractivity contribution in [3.63, 3.8) is 0 Å². The lowest BCUT2D eigenvalue weighted by Gasteiger charge is -2.28. The number of nitrogens with one attached hydrogen (secondary N) is 2. The number of piperazine rings is 1. The Kier molecular flexibility index (Phi) is 4.94. The Bertz CT molecular complexity index is 375. The summed E-state index contributed by atoms with van der Waals surface area (Å²) in [5.74, 6) is -0.426. The van der Waals surface area contributed by atoms with Crippen LogP contribution in [-0.2, 0) is 19.1 Å². The van der Waals surface area contributed by atoms with Crippen molar-refractivity contribution in [2.45, 2.75) is 38.3 Å². The average Bonchev–Trinajstić information content (AvgIpc) is 2.84. The largest absolute Gasteiger partial charge is 0.372 e. The molecule has 2 saturated heterocycles. The van der Waals surface area contributed by atoms with Crippen LogP contribution in [0, 0.1) is 0 Å². The summed E-state index contributed by atoms with van der Waals surface area (Å²) in [6, 6.07) is -0.613. The zero-order valence-electron chi connectivity index (χ0n) is 11.7. The maximum atomic E-state index is 11.7. The van der Waals surface area contributed by atoms with Gasteiger partial charge in [-0.1, -0.05) is 13.3 Å². The number of hydrogen-bond acceptors (Lipinski definition) is 4. The van der Waals surface area contributed by atoms with Gasteiger partial charge in [-0.05, 0) is 12.8 Å². The second-order valence-electron chi connectivity index (χ2n) is 5.19. The predicted octanol–water partition coefficient (Wildman–Crippen LogP) is -0.981. The van der Waals surface area contributed by atoms with E-state index in [1.54, 1.807) is 4.90 Å². The molecule has 2 aliphatic heterocycles. The molecule has 0 bridgehead atoms. The molecule has 2 aliphatic rings. The van der Waals surface area contributed by atoms with Gasteiger partial charge in [-0.15, -0.1) is 0 Å². The minimum Gasteiger partial charge on any atom is -0.372 e. The number of ether oxygens (including phenoxy) is 1. The molecule has 0 radical (unpaired) electrons. The highest BCUT2D eigenvalue weighted by atomic mass is 16.5. The lowest BCUT2D eigenvalue weighted by atomic mass is 10.1. The maximum absolute atomic E-state index is 11.7. The second-order valence-corrected chi connectivity index (χ2v) is 5.19. The molecule has 7 nitrogen and oxygen atoms in total. The van der Waals surface area contributed by atoms with Crippen molar-refractivity contribution in [1.82, 2.24) is 15.5 Å². The first-order chi connectivity index (χ1) is 9.61. The Morgan fingerprint density at radius 1 is 1.50 bits per heavy atom. The predicted molar refractivity (Wildman–Crippen MR) is 70.8 cm³/mol. The van der Waals surface area contributed by atoms with Crippen LogP contribution < -0.4 is 10.6 Å². The average molecular weight is 283 g/mol. The van der Waals surface area contributed by atoms with Crippen molar-refractivity contribution in [1.29, 1.82) is 0 Å². The van der Waals surface area contributed by atoms with Gasteiger partial charge in [0.05, 0.1) is 6.54 Å². The Labute approximate surface area is 118 Å². The molecule has 7 heteroatoms. The molecule has 2 heterocycles. The van der Waals surface area contributed by atoms with Crippen LogP contribution in [0.5, 0.6) is 0 Å². The number of carbonyl (C=O) groups is 3. The summed E-state index contributed by atoms with van der Waals surface area (Å²) in [6.45, 7) is 3.11. The van der Waals surface area contributed by atoms with E-state index in [-0.39, 0.29) is 36.9 Å². The van der Waals surface area contributed by atoms with Crippen molar-refractivity contribution < 1.29 is 19.1 Å². The highest BCUT2D eigenvalue weighted by molar-refractivity contribution is 5.95. The van der Waals surface area contributed by atoms with Crippen molar-refractivity contribution in [2.75, 3.05) is 26.3 Å². The van der Waals surface area contributed by atoms with E-state index in [1.807, 2.05) is 0 Å². The van der Waals surface area contributed by atoms with Crippen LogP contribution in [0.1, 0.15) is 26.2 Å². The van der Waals surface area contributed by atoms with Crippen LogP contribution in [0.2, 0.25) is 0 Å². The molecule has 0 aromatic rings. The first-order valence-electron chi connectivity index (χ1n) is 7.06. The fourth-order valence-electron chi connectivity index (χ4n) is 2.53. The van der Waals surface area contributed by atoms with Gasteiger partial charge in [0, 0.05) is 19.2 Å². The lowest BCUT2D eigenvalue weighted by molar-refractivity contribution is -0.143. The van der Waals surface area contributed by atoms with E-state index < -0.39 is 6.04 Å². The monoisotopic (exact) mass is 283 g/mol. The van der Waals surface area contributed by atoms with Crippen LogP contribution in [0.3, 0.4) is 0 Å². The van der Waals surface area contributed by atoms with E-state index in [1.165, 1.54) is 0 Å². The van der Waals surface area contributed by atoms with Crippen molar-refractivity contribution in [3.05, 3.63) is 0 Å². The first-order valence-corrected chi connectivity index (χ1v) is 7.06. The Hall–Kier alpha value is -1.63. The normalized spacial score (nSPS) is 25.4. The molecule has 0 aromatic heterocycles. The zero-order valence-corrected chi connectivity index (χ0v) is 11.7. The van der Waals surface area contributed by atoms with E-state index in [0.29, 0.717) is 19.6 Å². The smallest absolute Gasteiger partial charge is 0.246 e. The highest BCUT2D eigenvalue weighted by Crippen LogP contribution is 2.20. The van der Waals surface area contributed by atoms with Gasteiger partial charge in [-0.2, -0.15) is 0 Å². The molecule has 2 rings (SSSR count). The molecule has 0 aliphatic carbocycles. The number of unbranched alkanes of at least 4 members (excludes halogenated alkanes) is 1. The standard InChI is InChI=1S/C13H21N3O4/c1-2-3-4-20-8-11(17)15-9-5-10-13(19)14-6-12(18)16(10)7-9/h9-10H,2-8H2,1H3,(H,14,19)(H,15,17)/t9-,10-/m0/s1. The van der Waals surface area contributed by atoms with Gasteiger partial charge in [0.25, 0.3) is 0 Å². The minimum absolute atomic E-state index is 0.0291. The van der Waals surface area contributed by atoms with Gasteiger partial charge in [0.2, 0.25) is 17.7 Å². The maximum Gasteiger partial charge on any atom is 0.246 e. The molecular formula is C13H21N3O4. The van der Waals surface area contributed by atoms with Crippen LogP contribution >= 0.6 is 0 Å². The molecule has 112 valence electrons. The number of amides is 3. The zero-order chi connectivity index (χ0) is 14.5. The number of hydrogen-bond donors (Lipinski definition) is 2. The fraction of sp³-hybridized carbons (Fsp3) is 0.769. The Balaban J connectivity index is 1.76. The Morgan fingerprint density at radius 3 is 3.00 bits per heavy atom. The fourth-order valence-corrected chi connectivity index (χ4v) is 2.53. The molecule has 0 unspecified atom stereocenters. The minimum atomic E-state index is -0.442. The molecule has 3 amide bonds. The number of fused-ring (bicyclic) bond motifs is 1. The van der Waals surface area contributed by atoms with Gasteiger partial charge < -0.3 is 20.3 Å². The lowest BCUT2D eigenvalue weighted by Crippen LogP contribution is -2.55. The quantitative estimate of drug-likeness (QED) is 0.613. The summed E-state index contributed by atoms with van der Waals surface area (Å²) in [5.41, 5.74) is 0. The molecule has 2 N–H and O–H groups in total. The van der Waals surface area contributed by atoms with Gasteiger partial charge >= 0.3 is 0 Å². The van der Waals surface area contributed by atoms with E-state index in [2.05, 4.69) is 17.6 Å². The van der Waals surface area contributed by atoms with Crippen molar-refractivity contribution >= 4 is 17.7 Å².